The van der Waals surface area contributed by atoms with Gasteiger partial charge in [0.2, 0.25) is 5.95 Å². The fraction of sp³-hybridized carbons (Fsp3) is 0.0455. The van der Waals surface area contributed by atoms with Crippen molar-refractivity contribution in [2.24, 2.45) is 0 Å². The highest BCUT2D eigenvalue weighted by Crippen LogP contribution is 2.47. The Morgan fingerprint density at radius 2 is 1.91 bits per heavy atom. The number of aliphatic hydroxyl groups is 1. The SMILES string of the molecule is O=C(O)Nc1nc2ccc(C3(O)c4ccccc4C(=O)N3c3c(F)ccc(Cl)c3F)cc2[nH]1. The van der Waals surface area contributed by atoms with Crippen molar-refractivity contribution in [1.82, 2.24) is 9.97 Å². The quantitative estimate of drug-likeness (QED) is 0.330. The molecule has 4 aromatic rings. The molecule has 1 aromatic heterocycles. The number of carbonyl (C=O) groups is 2. The van der Waals surface area contributed by atoms with Gasteiger partial charge in [-0.15, -0.1) is 0 Å². The summed E-state index contributed by atoms with van der Waals surface area (Å²) >= 11 is 5.86. The molecule has 0 aliphatic carbocycles. The fourth-order valence-electron chi connectivity index (χ4n) is 4.02. The zero-order valence-electron chi connectivity index (χ0n) is 16.4. The van der Waals surface area contributed by atoms with Gasteiger partial charge in [-0.2, -0.15) is 0 Å². The second-order valence-electron chi connectivity index (χ2n) is 7.30. The number of imidazole rings is 1. The summed E-state index contributed by atoms with van der Waals surface area (Å²) in [6.45, 7) is 0. The van der Waals surface area contributed by atoms with Crippen LogP contribution in [0.4, 0.5) is 25.2 Å². The molecule has 0 bridgehead atoms. The highest BCUT2D eigenvalue weighted by atomic mass is 35.5. The van der Waals surface area contributed by atoms with E-state index in [1.807, 2.05) is 0 Å². The minimum Gasteiger partial charge on any atom is -0.465 e. The summed E-state index contributed by atoms with van der Waals surface area (Å²) in [5.41, 5.74) is -2.20. The predicted molar refractivity (Wildman–Crippen MR) is 115 cm³/mol. The molecule has 1 aliphatic heterocycles. The lowest BCUT2D eigenvalue weighted by Crippen LogP contribution is -2.46. The number of nitrogens with zero attached hydrogens (tertiary/aromatic N) is 2. The minimum atomic E-state index is -2.31. The van der Waals surface area contributed by atoms with E-state index in [1.54, 1.807) is 12.1 Å². The zero-order chi connectivity index (χ0) is 23.5. The van der Waals surface area contributed by atoms with Gasteiger partial charge in [-0.25, -0.2) is 18.6 Å². The third-order valence-electron chi connectivity index (χ3n) is 5.41. The maximum atomic E-state index is 15.0. The monoisotopic (exact) mass is 470 g/mol. The van der Waals surface area contributed by atoms with Crippen LogP contribution in [0.15, 0.2) is 54.6 Å². The van der Waals surface area contributed by atoms with Gasteiger partial charge in [-0.1, -0.05) is 35.9 Å². The van der Waals surface area contributed by atoms with Crippen LogP contribution in [0.2, 0.25) is 5.02 Å². The standard InChI is InChI=1S/C22H13ClF2N4O4/c23-13-6-7-14(24)18(17(13)25)29-19(30)11-3-1-2-4-12(11)22(29,33)10-5-8-15-16(9-10)27-20(26-15)28-21(31)32/h1-9,33H,(H,31,32)(H2,26,27,28). The van der Waals surface area contributed by atoms with Crippen molar-refractivity contribution in [1.29, 1.82) is 0 Å². The number of rotatable bonds is 3. The maximum absolute atomic E-state index is 15.0. The Morgan fingerprint density at radius 3 is 2.67 bits per heavy atom. The lowest BCUT2D eigenvalue weighted by molar-refractivity contribution is 0.0693. The molecule has 3 aromatic carbocycles. The summed E-state index contributed by atoms with van der Waals surface area (Å²) in [5.74, 6) is -3.18. The van der Waals surface area contributed by atoms with Crippen molar-refractivity contribution in [2.75, 3.05) is 10.2 Å². The molecule has 33 heavy (non-hydrogen) atoms. The van der Waals surface area contributed by atoms with E-state index in [9.17, 15) is 23.5 Å². The van der Waals surface area contributed by atoms with E-state index in [0.29, 0.717) is 15.9 Å². The third-order valence-corrected chi connectivity index (χ3v) is 5.70. The molecule has 8 nitrogen and oxygen atoms in total. The Hall–Kier alpha value is -4.02. The number of anilines is 2. The van der Waals surface area contributed by atoms with Crippen molar-refractivity contribution in [2.45, 2.75) is 5.72 Å². The van der Waals surface area contributed by atoms with Crippen LogP contribution in [0, 0.1) is 11.6 Å². The van der Waals surface area contributed by atoms with E-state index >= 15 is 0 Å². The molecule has 2 amide bonds. The molecule has 166 valence electrons. The Labute approximate surface area is 189 Å². The number of H-pyrrole nitrogens is 1. The van der Waals surface area contributed by atoms with Gasteiger partial charge in [0.1, 0.15) is 11.5 Å². The van der Waals surface area contributed by atoms with Gasteiger partial charge < -0.3 is 15.2 Å². The van der Waals surface area contributed by atoms with Crippen LogP contribution in [0.1, 0.15) is 21.5 Å². The number of halogens is 3. The van der Waals surface area contributed by atoms with Gasteiger partial charge in [-0.05, 0) is 30.3 Å². The Morgan fingerprint density at radius 1 is 1.15 bits per heavy atom. The van der Waals surface area contributed by atoms with Gasteiger partial charge in [0.15, 0.2) is 11.5 Å². The second kappa shape index (κ2) is 7.26. The summed E-state index contributed by atoms with van der Waals surface area (Å²) in [6, 6.07) is 12.3. The molecule has 1 aliphatic rings. The zero-order valence-corrected chi connectivity index (χ0v) is 17.2. The smallest absolute Gasteiger partial charge is 0.411 e. The van der Waals surface area contributed by atoms with Crippen molar-refractivity contribution >= 4 is 46.3 Å². The van der Waals surface area contributed by atoms with Crippen LogP contribution in [0.5, 0.6) is 0 Å². The van der Waals surface area contributed by atoms with Crippen LogP contribution < -0.4 is 10.2 Å². The number of aromatic nitrogens is 2. The number of hydrogen-bond acceptors (Lipinski definition) is 4. The Kier molecular flexibility index (Phi) is 4.59. The van der Waals surface area contributed by atoms with Gasteiger partial charge in [0, 0.05) is 16.7 Å². The van der Waals surface area contributed by atoms with E-state index in [4.69, 9.17) is 16.7 Å². The molecular weight excluding hydrogens is 458 g/mol. The van der Waals surface area contributed by atoms with Crippen LogP contribution in [-0.2, 0) is 5.72 Å². The van der Waals surface area contributed by atoms with Crippen molar-refractivity contribution in [3.05, 3.63) is 87.9 Å². The van der Waals surface area contributed by atoms with Gasteiger partial charge in [0.05, 0.1) is 16.1 Å². The highest BCUT2D eigenvalue weighted by molar-refractivity contribution is 6.31. The molecule has 11 heteroatoms. The average Bonchev–Trinajstić information content (AvgIpc) is 3.28. The first-order chi connectivity index (χ1) is 15.7. The number of benzene rings is 3. The molecule has 1 atom stereocenters. The lowest BCUT2D eigenvalue weighted by Gasteiger charge is -2.35. The number of aromatic amines is 1. The first-order valence-corrected chi connectivity index (χ1v) is 9.89. The molecule has 0 radical (unpaired) electrons. The molecule has 4 N–H and O–H groups in total. The third kappa shape index (κ3) is 3.03. The average molecular weight is 471 g/mol. The Balaban J connectivity index is 1.76. The van der Waals surface area contributed by atoms with Gasteiger partial charge in [-0.3, -0.25) is 15.0 Å². The maximum Gasteiger partial charge on any atom is 0.411 e. The molecule has 0 saturated heterocycles. The minimum absolute atomic E-state index is 0.0525. The fourth-order valence-corrected chi connectivity index (χ4v) is 4.17. The van der Waals surface area contributed by atoms with Crippen LogP contribution in [0.3, 0.4) is 0 Å². The summed E-state index contributed by atoms with van der Waals surface area (Å²) in [4.78, 5) is 31.6. The van der Waals surface area contributed by atoms with Crippen LogP contribution in [-0.4, -0.2) is 32.2 Å². The van der Waals surface area contributed by atoms with Crippen LogP contribution >= 0.6 is 11.6 Å². The van der Waals surface area contributed by atoms with Crippen LogP contribution in [0.25, 0.3) is 11.0 Å². The molecular formula is C22H13ClF2N4O4. The normalized spacial score (nSPS) is 17.5. The summed E-state index contributed by atoms with van der Waals surface area (Å²) in [6.07, 6.45) is -1.33. The van der Waals surface area contributed by atoms with E-state index in [0.717, 1.165) is 12.1 Å². The number of fused-ring (bicyclic) bond motifs is 2. The Bertz CT molecular complexity index is 1470. The first-order valence-electron chi connectivity index (χ1n) is 9.52. The van der Waals surface area contributed by atoms with E-state index in [-0.39, 0.29) is 22.6 Å². The van der Waals surface area contributed by atoms with Crippen molar-refractivity contribution in [3.63, 3.8) is 0 Å². The number of amides is 2. The number of carboxylic acid groups (broad SMARTS) is 1. The van der Waals surface area contributed by atoms with E-state index in [1.165, 1.54) is 30.3 Å². The number of nitrogens with one attached hydrogen (secondary N) is 2. The molecule has 0 saturated carbocycles. The molecule has 0 fully saturated rings. The summed E-state index contributed by atoms with van der Waals surface area (Å²) in [5, 5.41) is 22.5. The first kappa shape index (κ1) is 20.9. The number of hydrogen-bond donors (Lipinski definition) is 4. The summed E-state index contributed by atoms with van der Waals surface area (Å²) < 4.78 is 29.8. The summed E-state index contributed by atoms with van der Waals surface area (Å²) in [7, 11) is 0. The van der Waals surface area contributed by atoms with Gasteiger partial charge in [0.25, 0.3) is 5.91 Å². The molecule has 1 unspecified atom stereocenters. The molecule has 0 spiro atoms. The van der Waals surface area contributed by atoms with Gasteiger partial charge >= 0.3 is 6.09 Å². The van der Waals surface area contributed by atoms with Crippen molar-refractivity contribution in [3.8, 4) is 0 Å². The van der Waals surface area contributed by atoms with E-state index in [2.05, 4.69) is 15.3 Å². The molecule has 2 heterocycles. The lowest BCUT2D eigenvalue weighted by atomic mass is 9.93. The predicted octanol–water partition coefficient (Wildman–Crippen LogP) is 4.44. The molecule has 5 rings (SSSR count). The highest BCUT2D eigenvalue weighted by Gasteiger charge is 2.52. The topological polar surface area (TPSA) is 119 Å². The second-order valence-corrected chi connectivity index (χ2v) is 7.70. The number of carbonyl (C=O) groups excluding carboxylic acids is 1. The van der Waals surface area contributed by atoms with E-state index < -0.39 is 40.1 Å². The largest absolute Gasteiger partial charge is 0.465 e. The van der Waals surface area contributed by atoms with Crippen molar-refractivity contribution < 1.29 is 28.6 Å².